The number of benzene rings is 2. The van der Waals surface area contributed by atoms with Crippen molar-refractivity contribution in [3.05, 3.63) is 139 Å². The Balaban J connectivity index is 0. The molecule has 2 N–H and O–H groups in total. The number of nitrogens with zero attached hydrogens (tertiary/aromatic N) is 3. The van der Waals surface area contributed by atoms with Crippen LogP contribution in [0.3, 0.4) is 0 Å². The number of amidine groups is 2. The van der Waals surface area contributed by atoms with Crippen LogP contribution in [0.2, 0.25) is 0 Å². The molecule has 3 rings (SSSR count). The van der Waals surface area contributed by atoms with Crippen LogP contribution >= 0.6 is 0 Å². The normalized spacial score (nSPS) is 13.9. The second kappa shape index (κ2) is 29.5. The molecule has 0 aromatic heterocycles. The van der Waals surface area contributed by atoms with Crippen LogP contribution in [0.4, 0.5) is 0 Å². The van der Waals surface area contributed by atoms with E-state index in [2.05, 4.69) is 59.1 Å². The van der Waals surface area contributed by atoms with Gasteiger partial charge in [0, 0.05) is 25.3 Å². The number of hydrogen-bond acceptors (Lipinski definition) is 6. The number of carbonyl (C=O) groups excluding carboxylic acids is 3. The summed E-state index contributed by atoms with van der Waals surface area (Å²) in [5, 5.41) is 14.7. The van der Waals surface area contributed by atoms with Gasteiger partial charge in [0.15, 0.2) is 18.8 Å². The molecule has 0 radical (unpaired) electrons. The third kappa shape index (κ3) is 15.9. The fourth-order valence-electron chi connectivity index (χ4n) is 5.25. The Hall–Kier alpha value is -5.68. The highest BCUT2D eigenvalue weighted by atomic mass is 16.1. The van der Waals surface area contributed by atoms with Crippen molar-refractivity contribution in [1.29, 1.82) is 5.26 Å². The van der Waals surface area contributed by atoms with E-state index < -0.39 is 0 Å². The van der Waals surface area contributed by atoms with Gasteiger partial charge in [-0.3, -0.25) is 19.9 Å². The summed E-state index contributed by atoms with van der Waals surface area (Å²) in [4.78, 5) is 38.4. The van der Waals surface area contributed by atoms with E-state index in [1.165, 1.54) is 18.4 Å². The summed E-state index contributed by atoms with van der Waals surface area (Å²) < 4.78 is 0. The van der Waals surface area contributed by atoms with E-state index in [4.69, 9.17) is 10.1 Å². The zero-order valence-electron chi connectivity index (χ0n) is 30.6. The lowest BCUT2D eigenvalue weighted by Crippen LogP contribution is -2.31. The Labute approximate surface area is 300 Å². The summed E-state index contributed by atoms with van der Waals surface area (Å²) in [7, 11) is 1.69. The minimum Gasteiger partial charge on any atom is -0.341 e. The first-order valence-corrected chi connectivity index (χ1v) is 16.5. The van der Waals surface area contributed by atoms with Crippen molar-refractivity contribution in [3.8, 4) is 6.19 Å². The molecule has 0 bridgehead atoms. The van der Waals surface area contributed by atoms with Crippen molar-refractivity contribution in [1.82, 2.24) is 10.6 Å². The van der Waals surface area contributed by atoms with Crippen LogP contribution in [0.25, 0.3) is 5.57 Å². The molecule has 0 atom stereocenters. The average Bonchev–Trinajstić information content (AvgIpc) is 3.68. The predicted molar refractivity (Wildman–Crippen MR) is 212 cm³/mol. The van der Waals surface area contributed by atoms with Crippen molar-refractivity contribution in [2.24, 2.45) is 9.98 Å². The van der Waals surface area contributed by atoms with Crippen LogP contribution in [0.15, 0.2) is 138 Å². The molecular weight excluding hydrogens is 622 g/mol. The van der Waals surface area contributed by atoms with Gasteiger partial charge in [0.05, 0.1) is 5.70 Å². The smallest absolute Gasteiger partial charge is 0.182 e. The lowest BCUT2D eigenvalue weighted by atomic mass is 9.76. The summed E-state index contributed by atoms with van der Waals surface area (Å²) in [5.41, 5.74) is 5.20. The SMILES string of the molecule is C/C=C(/C=O)N=C(CC1(c2ccccc2)CCCC1)NC#N.C=C.C=C/C(CC(=NC)N/C(C=O)=C/C)=C(\C=C)c1ccccc1.C=O.CC. The zero-order chi connectivity index (χ0) is 38.2. The number of carbonyl (C=O) groups is 3. The molecule has 2 aromatic carbocycles. The molecule has 2 aromatic rings. The molecule has 1 saturated carbocycles. The molecule has 0 amide bonds. The quantitative estimate of drug-likeness (QED) is 0.0338. The molecule has 0 heterocycles. The van der Waals surface area contributed by atoms with Gasteiger partial charge in [-0.2, -0.15) is 5.26 Å². The number of nitriles is 1. The van der Waals surface area contributed by atoms with Gasteiger partial charge < -0.3 is 10.1 Å². The van der Waals surface area contributed by atoms with Crippen LogP contribution in [0.5, 0.6) is 0 Å². The maximum atomic E-state index is 11.0. The van der Waals surface area contributed by atoms with Crippen molar-refractivity contribution in [2.75, 3.05) is 7.05 Å². The van der Waals surface area contributed by atoms with Gasteiger partial charge >= 0.3 is 0 Å². The van der Waals surface area contributed by atoms with E-state index in [9.17, 15) is 9.59 Å². The van der Waals surface area contributed by atoms with E-state index in [1.54, 1.807) is 39.1 Å². The highest BCUT2D eigenvalue weighted by molar-refractivity contribution is 5.93. The van der Waals surface area contributed by atoms with Crippen LogP contribution in [0.1, 0.15) is 77.3 Å². The number of aldehydes is 2. The summed E-state index contributed by atoms with van der Waals surface area (Å²) >= 11 is 0. The van der Waals surface area contributed by atoms with Gasteiger partial charge in [0.1, 0.15) is 24.2 Å². The second-order valence-electron chi connectivity index (χ2n) is 10.2. The summed E-state index contributed by atoms with van der Waals surface area (Å²) in [6, 6.07) is 20.4. The molecular formula is C42H55N5O3. The van der Waals surface area contributed by atoms with Crippen molar-refractivity contribution < 1.29 is 14.4 Å². The fourth-order valence-corrected chi connectivity index (χ4v) is 5.25. The Morgan fingerprint density at radius 3 is 1.86 bits per heavy atom. The zero-order valence-corrected chi connectivity index (χ0v) is 30.6. The van der Waals surface area contributed by atoms with Gasteiger partial charge in [-0.05, 0) is 49.0 Å². The second-order valence-corrected chi connectivity index (χ2v) is 10.2. The van der Waals surface area contributed by atoms with E-state index in [-0.39, 0.29) is 5.41 Å². The lowest BCUT2D eigenvalue weighted by Gasteiger charge is -2.30. The molecule has 0 spiro atoms. The maximum absolute atomic E-state index is 11.0. The number of nitrogens with one attached hydrogen (secondary N) is 2. The Morgan fingerprint density at radius 2 is 1.44 bits per heavy atom. The largest absolute Gasteiger partial charge is 0.341 e. The van der Waals surface area contributed by atoms with E-state index in [1.807, 2.05) is 81.4 Å². The Bertz CT molecular complexity index is 1490. The van der Waals surface area contributed by atoms with E-state index >= 15 is 0 Å². The van der Waals surface area contributed by atoms with Crippen molar-refractivity contribution in [2.45, 2.75) is 71.6 Å². The minimum absolute atomic E-state index is 0.00563. The van der Waals surface area contributed by atoms with Gasteiger partial charge in [-0.15, -0.1) is 13.2 Å². The van der Waals surface area contributed by atoms with Crippen LogP contribution < -0.4 is 10.6 Å². The lowest BCUT2D eigenvalue weighted by molar-refractivity contribution is -0.105. The number of aliphatic imine (C=N–C) groups is 2. The van der Waals surface area contributed by atoms with E-state index in [0.717, 1.165) is 35.8 Å². The minimum atomic E-state index is 0.00563. The molecule has 1 aliphatic rings. The van der Waals surface area contributed by atoms with Gasteiger partial charge in [-0.25, -0.2) is 4.99 Å². The Kier molecular flexibility index (Phi) is 27.4. The molecule has 50 heavy (non-hydrogen) atoms. The molecule has 0 unspecified atom stereocenters. The third-order valence-electron chi connectivity index (χ3n) is 7.57. The van der Waals surface area contributed by atoms with Crippen molar-refractivity contribution >= 4 is 36.6 Å². The van der Waals surface area contributed by atoms with Crippen molar-refractivity contribution in [3.63, 3.8) is 0 Å². The van der Waals surface area contributed by atoms with E-state index in [0.29, 0.717) is 42.2 Å². The predicted octanol–water partition coefficient (Wildman–Crippen LogP) is 9.03. The number of rotatable bonds is 12. The van der Waals surface area contributed by atoms with Crippen LogP contribution in [-0.4, -0.2) is 38.1 Å². The number of hydrogen-bond donors (Lipinski definition) is 2. The molecule has 8 heteroatoms. The summed E-state index contributed by atoms with van der Waals surface area (Å²) in [6.07, 6.45) is 16.1. The molecule has 0 saturated heterocycles. The standard InChI is InChI=1S/C19H22N2O.C18H21N3O.C2H6.C2H4.CH2O/c1-5-15(13-19(20-4)21-17(6-2)14-22)18(7-3)16-11-9-8-10-12-16;1-2-16(13-22)21-17(20-14-19)12-18(10-6-7-11-18)15-8-4-3-5-9-15;3*1-2/h5-12,14H,1,3,13H2,2,4H3,(H,20,21);2-5,8-9,13H,6-7,10-12H2,1H3,(H,20,21);1-2H3;1-2H2;1H2/b17-6+,18-15-;16-2-;;;. The summed E-state index contributed by atoms with van der Waals surface area (Å²) in [5.74, 6) is 1.26. The first kappa shape index (κ1) is 46.4. The fraction of sp³-hybridized carbons (Fsp3) is 0.286. The maximum Gasteiger partial charge on any atom is 0.182 e. The highest BCUT2D eigenvalue weighted by Gasteiger charge is 2.36. The van der Waals surface area contributed by atoms with Gasteiger partial charge in [-0.1, -0.05) is 125 Å². The van der Waals surface area contributed by atoms with Crippen LogP contribution in [-0.2, 0) is 19.8 Å². The first-order chi connectivity index (χ1) is 24.4. The molecule has 8 nitrogen and oxygen atoms in total. The first-order valence-electron chi connectivity index (χ1n) is 16.5. The highest BCUT2D eigenvalue weighted by Crippen LogP contribution is 2.44. The third-order valence-corrected chi connectivity index (χ3v) is 7.57. The monoisotopic (exact) mass is 677 g/mol. The molecule has 1 fully saturated rings. The average molecular weight is 678 g/mol. The van der Waals surface area contributed by atoms with Crippen LogP contribution in [0, 0.1) is 11.5 Å². The van der Waals surface area contributed by atoms with Gasteiger partial charge in [0.2, 0.25) is 0 Å². The summed E-state index contributed by atoms with van der Waals surface area (Å²) in [6.45, 7) is 23.4. The number of allylic oxidation sites excluding steroid dienone is 7. The Morgan fingerprint density at radius 1 is 0.880 bits per heavy atom. The molecule has 0 aliphatic heterocycles. The molecule has 1 aliphatic carbocycles. The topological polar surface area (TPSA) is 124 Å². The van der Waals surface area contributed by atoms with Gasteiger partial charge in [0.25, 0.3) is 0 Å². The molecule has 266 valence electrons.